The lowest BCUT2D eigenvalue weighted by Gasteiger charge is -2.19. The van der Waals surface area contributed by atoms with E-state index in [9.17, 15) is 9.18 Å². The Morgan fingerprint density at radius 3 is 2.36 bits per heavy atom. The van der Waals surface area contributed by atoms with Gasteiger partial charge in [-0.2, -0.15) is 0 Å². The van der Waals surface area contributed by atoms with E-state index < -0.39 is 6.10 Å². The van der Waals surface area contributed by atoms with E-state index in [1.807, 2.05) is 24.3 Å². The molecule has 1 fully saturated rings. The van der Waals surface area contributed by atoms with Crippen LogP contribution in [0.25, 0.3) is 0 Å². The number of halogens is 2. The summed E-state index contributed by atoms with van der Waals surface area (Å²) in [6.07, 6.45) is 1.23. The first-order chi connectivity index (χ1) is 10.6. The summed E-state index contributed by atoms with van der Waals surface area (Å²) in [4.78, 5) is 12.4. The maximum Gasteiger partial charge on any atom is 0.266 e. The largest absolute Gasteiger partial charge is 0.476 e. The summed E-state index contributed by atoms with van der Waals surface area (Å²) < 4.78 is 20.0. The van der Waals surface area contributed by atoms with Crippen LogP contribution in [0.3, 0.4) is 0 Å². The van der Waals surface area contributed by atoms with Gasteiger partial charge in [0.15, 0.2) is 0 Å². The lowest BCUT2D eigenvalue weighted by molar-refractivity contribution is -0.128. The summed E-state index contributed by atoms with van der Waals surface area (Å²) in [6.45, 7) is 0. The molecule has 2 aromatic carbocycles. The van der Waals surface area contributed by atoms with Crippen molar-refractivity contribution in [1.82, 2.24) is 5.32 Å². The van der Waals surface area contributed by atoms with Gasteiger partial charge in [0.05, 0.1) is 0 Å². The Morgan fingerprint density at radius 1 is 1.14 bits per heavy atom. The highest BCUT2D eigenvalue weighted by molar-refractivity contribution is 14.1. The zero-order valence-corrected chi connectivity index (χ0v) is 13.9. The lowest BCUT2D eigenvalue weighted by Crippen LogP contribution is -2.33. The molecule has 1 N–H and O–H groups in total. The molecule has 1 amide bonds. The molecule has 1 aliphatic carbocycles. The van der Waals surface area contributed by atoms with Crippen LogP contribution in [0, 0.1) is 9.39 Å². The number of hydrogen-bond donors (Lipinski definition) is 1. The van der Waals surface area contributed by atoms with Gasteiger partial charge in [0.2, 0.25) is 6.10 Å². The molecule has 3 rings (SSSR count). The fourth-order valence-electron chi connectivity index (χ4n) is 2.06. The minimum absolute atomic E-state index is 0.187. The molecule has 114 valence electrons. The zero-order chi connectivity index (χ0) is 15.5. The molecule has 3 nitrogen and oxygen atoms in total. The average Bonchev–Trinajstić information content (AvgIpc) is 3.31. The van der Waals surface area contributed by atoms with Crippen molar-refractivity contribution in [2.24, 2.45) is 0 Å². The summed E-state index contributed by atoms with van der Waals surface area (Å²) >= 11 is 2.21. The smallest absolute Gasteiger partial charge is 0.266 e. The van der Waals surface area contributed by atoms with Crippen molar-refractivity contribution in [2.45, 2.75) is 25.0 Å². The average molecular weight is 411 g/mol. The number of carbonyl (C=O) groups is 1. The van der Waals surface area contributed by atoms with Gasteiger partial charge in [0.1, 0.15) is 11.6 Å². The Morgan fingerprint density at radius 2 is 1.77 bits per heavy atom. The van der Waals surface area contributed by atoms with Crippen LogP contribution >= 0.6 is 22.6 Å². The topological polar surface area (TPSA) is 38.3 Å². The van der Waals surface area contributed by atoms with Gasteiger partial charge in [-0.25, -0.2) is 4.39 Å². The molecule has 0 radical (unpaired) electrons. The standard InChI is InChI=1S/C17H15FINO2/c18-12-3-1-11(2-4-12)16(17(21)20-14-7-8-14)22-15-9-5-13(19)6-10-15/h1-6,9-10,14,16H,7-8H2,(H,20,21)/t16-/m1/s1. The minimum Gasteiger partial charge on any atom is -0.476 e. The molecule has 0 aliphatic heterocycles. The highest BCUT2D eigenvalue weighted by Gasteiger charge is 2.29. The van der Waals surface area contributed by atoms with E-state index in [1.54, 1.807) is 12.1 Å². The molecule has 5 heteroatoms. The second-order valence-electron chi connectivity index (χ2n) is 5.29. The lowest BCUT2D eigenvalue weighted by atomic mass is 10.1. The number of nitrogens with one attached hydrogen (secondary N) is 1. The summed E-state index contributed by atoms with van der Waals surface area (Å²) in [5, 5.41) is 2.94. The molecule has 0 aromatic heterocycles. The number of hydrogen-bond acceptors (Lipinski definition) is 2. The molecule has 2 aromatic rings. The maximum absolute atomic E-state index is 13.1. The first kappa shape index (κ1) is 15.3. The van der Waals surface area contributed by atoms with Crippen LogP contribution in [0.2, 0.25) is 0 Å². The molecule has 0 bridgehead atoms. The van der Waals surface area contributed by atoms with Crippen molar-refractivity contribution in [2.75, 3.05) is 0 Å². The van der Waals surface area contributed by atoms with Gasteiger partial charge in [-0.05, 0) is 71.8 Å². The van der Waals surface area contributed by atoms with Gasteiger partial charge in [-0.3, -0.25) is 4.79 Å². The molecule has 0 unspecified atom stereocenters. The Labute approximate surface area is 142 Å². The second kappa shape index (κ2) is 6.64. The third-order valence-corrected chi connectivity index (χ3v) is 4.12. The number of carbonyl (C=O) groups excluding carboxylic acids is 1. The Kier molecular flexibility index (Phi) is 4.61. The van der Waals surface area contributed by atoms with Crippen LogP contribution in [0.15, 0.2) is 48.5 Å². The molecule has 1 saturated carbocycles. The van der Waals surface area contributed by atoms with Crippen LogP contribution in [0.4, 0.5) is 4.39 Å². The van der Waals surface area contributed by atoms with Gasteiger partial charge in [-0.15, -0.1) is 0 Å². The minimum atomic E-state index is -0.777. The van der Waals surface area contributed by atoms with E-state index in [0.717, 1.165) is 16.4 Å². The van der Waals surface area contributed by atoms with Crippen molar-refractivity contribution in [3.63, 3.8) is 0 Å². The maximum atomic E-state index is 13.1. The van der Waals surface area contributed by atoms with E-state index in [0.29, 0.717) is 11.3 Å². The zero-order valence-electron chi connectivity index (χ0n) is 11.8. The summed E-state index contributed by atoms with van der Waals surface area (Å²) in [5.74, 6) is 0.0905. The molecule has 0 saturated heterocycles. The summed E-state index contributed by atoms with van der Waals surface area (Å²) in [6, 6.07) is 13.6. The van der Waals surface area contributed by atoms with E-state index in [4.69, 9.17) is 4.74 Å². The van der Waals surface area contributed by atoms with Crippen molar-refractivity contribution in [3.8, 4) is 5.75 Å². The molecule has 22 heavy (non-hydrogen) atoms. The van der Waals surface area contributed by atoms with E-state index in [-0.39, 0.29) is 17.8 Å². The number of benzene rings is 2. The van der Waals surface area contributed by atoms with Crippen LogP contribution in [-0.4, -0.2) is 11.9 Å². The Balaban J connectivity index is 1.82. The molecule has 0 heterocycles. The first-order valence-electron chi connectivity index (χ1n) is 7.10. The van der Waals surface area contributed by atoms with Crippen LogP contribution in [-0.2, 0) is 4.79 Å². The van der Waals surface area contributed by atoms with Crippen molar-refractivity contribution < 1.29 is 13.9 Å². The monoisotopic (exact) mass is 411 g/mol. The predicted octanol–water partition coefficient (Wildman–Crippen LogP) is 3.83. The quantitative estimate of drug-likeness (QED) is 0.760. The third kappa shape index (κ3) is 3.97. The summed E-state index contributed by atoms with van der Waals surface area (Å²) in [5.41, 5.74) is 0.637. The van der Waals surface area contributed by atoms with Gasteiger partial charge in [0.25, 0.3) is 5.91 Å². The second-order valence-corrected chi connectivity index (χ2v) is 6.53. The Hall–Kier alpha value is -1.63. The fourth-order valence-corrected chi connectivity index (χ4v) is 2.42. The molecule has 0 spiro atoms. The molecule has 1 aliphatic rings. The SMILES string of the molecule is O=C(NC1CC1)[C@H](Oc1ccc(I)cc1)c1ccc(F)cc1. The van der Waals surface area contributed by atoms with Gasteiger partial charge in [-0.1, -0.05) is 12.1 Å². The van der Waals surface area contributed by atoms with Gasteiger partial charge in [0, 0.05) is 15.2 Å². The van der Waals surface area contributed by atoms with E-state index >= 15 is 0 Å². The molecule has 1 atom stereocenters. The Bertz CT molecular complexity index is 653. The number of ether oxygens (including phenoxy) is 1. The van der Waals surface area contributed by atoms with Crippen LogP contribution in [0.5, 0.6) is 5.75 Å². The highest BCUT2D eigenvalue weighted by atomic mass is 127. The van der Waals surface area contributed by atoms with Crippen LogP contribution in [0.1, 0.15) is 24.5 Å². The van der Waals surface area contributed by atoms with Gasteiger partial charge >= 0.3 is 0 Å². The van der Waals surface area contributed by atoms with Gasteiger partial charge < -0.3 is 10.1 Å². The predicted molar refractivity (Wildman–Crippen MR) is 90.1 cm³/mol. The first-order valence-corrected chi connectivity index (χ1v) is 8.18. The number of rotatable bonds is 5. The van der Waals surface area contributed by atoms with Crippen molar-refractivity contribution in [1.29, 1.82) is 0 Å². The van der Waals surface area contributed by atoms with Crippen molar-refractivity contribution >= 4 is 28.5 Å². The highest BCUT2D eigenvalue weighted by Crippen LogP contribution is 2.26. The summed E-state index contributed by atoms with van der Waals surface area (Å²) in [7, 11) is 0. The number of amides is 1. The van der Waals surface area contributed by atoms with E-state index in [1.165, 1.54) is 12.1 Å². The normalized spacial score (nSPS) is 15.2. The fraction of sp³-hybridized carbons (Fsp3) is 0.235. The van der Waals surface area contributed by atoms with E-state index in [2.05, 4.69) is 27.9 Å². The molecular formula is C17H15FINO2. The molecular weight excluding hydrogens is 396 g/mol. The van der Waals surface area contributed by atoms with Crippen LogP contribution < -0.4 is 10.1 Å². The van der Waals surface area contributed by atoms with Crippen molar-refractivity contribution in [3.05, 3.63) is 63.5 Å². The third-order valence-electron chi connectivity index (χ3n) is 3.40.